The Labute approximate surface area is 218 Å². The average molecular weight is 527 g/mol. The third-order valence-electron chi connectivity index (χ3n) is 7.13. The molecule has 0 spiro atoms. The lowest BCUT2D eigenvalue weighted by Crippen LogP contribution is -2.31. The zero-order chi connectivity index (χ0) is 25.7. The second kappa shape index (κ2) is 9.37. The second-order valence-electron chi connectivity index (χ2n) is 9.56. The highest BCUT2D eigenvalue weighted by molar-refractivity contribution is 6.44. The molecule has 3 atom stereocenters. The fraction of sp³-hybridized carbons (Fsp3) is 0.333. The zero-order valence-electron chi connectivity index (χ0n) is 19.8. The minimum atomic E-state index is -0.673. The molecule has 0 bridgehead atoms. The van der Waals surface area contributed by atoms with E-state index in [-0.39, 0.29) is 53.3 Å². The molecule has 2 heterocycles. The van der Waals surface area contributed by atoms with Gasteiger partial charge in [-0.15, -0.1) is 0 Å². The molecule has 1 aliphatic carbocycles. The van der Waals surface area contributed by atoms with E-state index in [1.165, 1.54) is 9.80 Å². The number of hydrogen-bond acceptors (Lipinski definition) is 5. The Morgan fingerprint density at radius 3 is 2.47 bits per heavy atom. The summed E-state index contributed by atoms with van der Waals surface area (Å²) in [5.41, 5.74) is 2.71. The van der Waals surface area contributed by atoms with Crippen molar-refractivity contribution in [3.8, 4) is 5.75 Å². The lowest BCUT2D eigenvalue weighted by molar-refractivity contribution is -0.139. The zero-order valence-corrected chi connectivity index (χ0v) is 21.3. The van der Waals surface area contributed by atoms with E-state index in [1.807, 2.05) is 13.0 Å². The van der Waals surface area contributed by atoms with Gasteiger partial charge in [0.2, 0.25) is 17.7 Å². The van der Waals surface area contributed by atoms with Gasteiger partial charge in [-0.3, -0.25) is 19.2 Å². The van der Waals surface area contributed by atoms with E-state index >= 15 is 0 Å². The Morgan fingerprint density at radius 1 is 0.972 bits per heavy atom. The summed E-state index contributed by atoms with van der Waals surface area (Å²) in [6.07, 6.45) is 3.19. The van der Waals surface area contributed by atoms with Gasteiger partial charge in [-0.05, 0) is 62.6 Å². The first kappa shape index (κ1) is 24.5. The van der Waals surface area contributed by atoms with E-state index in [0.717, 1.165) is 5.57 Å². The number of allylic oxidation sites excluding steroid dienone is 2. The first-order valence-corrected chi connectivity index (χ1v) is 12.5. The number of carbonyl (C=O) groups is 4. The summed E-state index contributed by atoms with van der Waals surface area (Å²) < 4.78 is 5.57. The van der Waals surface area contributed by atoms with Crippen LogP contribution in [0.5, 0.6) is 5.75 Å². The highest BCUT2D eigenvalue weighted by atomic mass is 35.5. The van der Waals surface area contributed by atoms with Gasteiger partial charge in [0.25, 0.3) is 0 Å². The maximum Gasteiger partial charge on any atom is 0.316 e. The lowest BCUT2D eigenvalue weighted by Gasteiger charge is -2.19. The van der Waals surface area contributed by atoms with Gasteiger partial charge in [-0.1, -0.05) is 40.9 Å². The van der Waals surface area contributed by atoms with Crippen molar-refractivity contribution in [3.05, 3.63) is 63.7 Å². The molecule has 2 saturated heterocycles. The summed E-state index contributed by atoms with van der Waals surface area (Å²) in [5.74, 6) is -2.21. The molecule has 186 valence electrons. The molecule has 5 rings (SSSR count). The topological polar surface area (TPSA) is 84.0 Å². The van der Waals surface area contributed by atoms with Gasteiger partial charge < -0.3 is 9.64 Å². The number of ether oxygens (including phenoxy) is 1. The Morgan fingerprint density at radius 2 is 1.72 bits per heavy atom. The molecule has 0 unspecified atom stereocenters. The number of anilines is 2. The summed E-state index contributed by atoms with van der Waals surface area (Å²) in [6, 6.07) is 9.81. The summed E-state index contributed by atoms with van der Waals surface area (Å²) in [5, 5.41) is 0.578. The number of hydrogen-bond donors (Lipinski definition) is 0. The van der Waals surface area contributed by atoms with Crippen molar-refractivity contribution < 1.29 is 23.9 Å². The van der Waals surface area contributed by atoms with Crippen LogP contribution in [-0.2, 0) is 19.2 Å². The minimum absolute atomic E-state index is 0.00818. The maximum absolute atomic E-state index is 13.0. The van der Waals surface area contributed by atoms with Crippen molar-refractivity contribution in [2.45, 2.75) is 33.1 Å². The van der Waals surface area contributed by atoms with Gasteiger partial charge in [0, 0.05) is 13.0 Å². The van der Waals surface area contributed by atoms with Crippen LogP contribution < -0.4 is 14.5 Å². The van der Waals surface area contributed by atoms with Gasteiger partial charge in [-0.25, -0.2) is 4.90 Å². The first-order valence-electron chi connectivity index (χ1n) is 11.8. The Hall–Kier alpha value is -3.16. The van der Waals surface area contributed by atoms with Crippen molar-refractivity contribution in [1.29, 1.82) is 0 Å². The molecule has 36 heavy (non-hydrogen) atoms. The minimum Gasteiger partial charge on any atom is -0.426 e. The standard InChI is InChI=1S/C27H24Cl2N2O5/c1-14-6-8-18-19(10-14)26(34)31(25(18)33)21-9-7-17(11-15(21)2)36-27(35)16-12-23(32)30(13-16)22-5-3-4-20(28)24(22)29/h3-7,9,11,16,18-19H,8,10,12-13H2,1-2H3/t16-,18+,19-/m1/s1. The highest BCUT2D eigenvalue weighted by Gasteiger charge is 2.49. The lowest BCUT2D eigenvalue weighted by atomic mass is 9.82. The van der Waals surface area contributed by atoms with Gasteiger partial charge in [0.15, 0.2) is 0 Å². The summed E-state index contributed by atoms with van der Waals surface area (Å²) >= 11 is 12.3. The third-order valence-corrected chi connectivity index (χ3v) is 7.94. The van der Waals surface area contributed by atoms with Crippen molar-refractivity contribution in [2.24, 2.45) is 17.8 Å². The normalized spacial score (nSPS) is 23.7. The molecule has 0 N–H and O–H groups in total. The number of fused-ring (bicyclic) bond motifs is 1. The quantitative estimate of drug-likeness (QED) is 0.239. The van der Waals surface area contributed by atoms with Crippen molar-refractivity contribution in [1.82, 2.24) is 0 Å². The van der Waals surface area contributed by atoms with E-state index in [9.17, 15) is 19.2 Å². The maximum atomic E-state index is 13.0. The smallest absolute Gasteiger partial charge is 0.316 e. The van der Waals surface area contributed by atoms with Gasteiger partial charge >= 0.3 is 5.97 Å². The number of amides is 3. The van der Waals surface area contributed by atoms with Crippen LogP contribution in [0.25, 0.3) is 0 Å². The molecule has 3 aliphatic rings. The molecule has 7 nitrogen and oxygen atoms in total. The van der Waals surface area contributed by atoms with E-state index < -0.39 is 11.9 Å². The van der Waals surface area contributed by atoms with E-state index in [4.69, 9.17) is 27.9 Å². The Bertz CT molecular complexity index is 1340. The van der Waals surface area contributed by atoms with Crippen molar-refractivity contribution >= 4 is 58.3 Å². The Balaban J connectivity index is 1.29. The number of benzene rings is 2. The van der Waals surface area contributed by atoms with E-state index in [0.29, 0.717) is 34.8 Å². The predicted octanol–water partition coefficient (Wildman–Crippen LogP) is 5.11. The van der Waals surface area contributed by atoms with Crippen LogP contribution >= 0.6 is 23.2 Å². The van der Waals surface area contributed by atoms with Crippen LogP contribution in [0, 0.1) is 24.7 Å². The van der Waals surface area contributed by atoms with Crippen LogP contribution in [0.15, 0.2) is 48.0 Å². The molecule has 2 fully saturated rings. The number of nitrogens with zero attached hydrogens (tertiary/aromatic N) is 2. The summed E-state index contributed by atoms with van der Waals surface area (Å²) in [4.78, 5) is 54.2. The molecule has 0 aromatic heterocycles. The fourth-order valence-corrected chi connectivity index (χ4v) is 5.61. The van der Waals surface area contributed by atoms with Gasteiger partial charge in [-0.2, -0.15) is 0 Å². The first-order chi connectivity index (χ1) is 17.2. The van der Waals surface area contributed by atoms with Crippen LogP contribution in [0.2, 0.25) is 10.0 Å². The fourth-order valence-electron chi connectivity index (χ4n) is 5.22. The van der Waals surface area contributed by atoms with Gasteiger partial charge in [0.1, 0.15) is 5.75 Å². The number of esters is 1. The number of carbonyl (C=O) groups excluding carboxylic acids is 4. The summed E-state index contributed by atoms with van der Waals surface area (Å²) in [7, 11) is 0. The molecule has 2 aromatic carbocycles. The molecule has 0 saturated carbocycles. The molecule has 0 radical (unpaired) electrons. The predicted molar refractivity (Wildman–Crippen MR) is 136 cm³/mol. The van der Waals surface area contributed by atoms with Crippen LogP contribution in [0.3, 0.4) is 0 Å². The monoisotopic (exact) mass is 526 g/mol. The number of halogens is 2. The molecule has 9 heteroatoms. The average Bonchev–Trinajstić information content (AvgIpc) is 3.33. The van der Waals surface area contributed by atoms with E-state index in [1.54, 1.807) is 43.3 Å². The third kappa shape index (κ3) is 4.20. The van der Waals surface area contributed by atoms with Crippen molar-refractivity contribution in [3.63, 3.8) is 0 Å². The number of rotatable bonds is 4. The van der Waals surface area contributed by atoms with Crippen molar-refractivity contribution in [2.75, 3.05) is 16.3 Å². The summed E-state index contributed by atoms with van der Waals surface area (Å²) in [6.45, 7) is 3.87. The molecule has 2 aromatic rings. The largest absolute Gasteiger partial charge is 0.426 e. The Kier molecular flexibility index (Phi) is 6.39. The molecule has 2 aliphatic heterocycles. The van der Waals surface area contributed by atoms with Gasteiger partial charge in [0.05, 0.1) is 39.2 Å². The van der Waals surface area contributed by atoms with E-state index in [2.05, 4.69) is 0 Å². The number of aryl methyl sites for hydroxylation is 1. The molecular weight excluding hydrogens is 503 g/mol. The van der Waals surface area contributed by atoms with Crippen LogP contribution in [0.4, 0.5) is 11.4 Å². The SMILES string of the molecule is CC1=CC[C@@H]2C(=O)N(c3ccc(OC(=O)[C@@H]4CC(=O)N(c5cccc(Cl)c5Cl)C4)cc3C)C(=O)[C@@H]2C1. The molecule has 3 amide bonds. The highest BCUT2D eigenvalue weighted by Crippen LogP contribution is 2.41. The van der Waals surface area contributed by atoms with Crippen LogP contribution in [0.1, 0.15) is 31.7 Å². The molecular formula is C27H24Cl2N2O5. The number of imide groups is 1. The second-order valence-corrected chi connectivity index (χ2v) is 10.3. The van der Waals surface area contributed by atoms with Crippen LogP contribution in [-0.4, -0.2) is 30.2 Å².